The van der Waals surface area contributed by atoms with E-state index in [1.165, 1.54) is 32.1 Å². The summed E-state index contributed by atoms with van der Waals surface area (Å²) in [7, 11) is 1.43. The number of ether oxygens (including phenoxy) is 2. The molecule has 2 aromatic heterocycles. The van der Waals surface area contributed by atoms with Crippen LogP contribution in [0, 0.1) is 28.9 Å². The van der Waals surface area contributed by atoms with Gasteiger partial charge in [-0.25, -0.2) is 13.2 Å². The summed E-state index contributed by atoms with van der Waals surface area (Å²) in [4.78, 5) is 13.4. The first kappa shape index (κ1) is 31.2. The van der Waals surface area contributed by atoms with Gasteiger partial charge >= 0.3 is 6.01 Å². The molecule has 2 N–H and O–H groups in total. The van der Waals surface area contributed by atoms with Gasteiger partial charge in [-0.15, -0.1) is 11.3 Å². The van der Waals surface area contributed by atoms with Gasteiger partial charge in [-0.3, -0.25) is 4.90 Å². The molecule has 3 unspecified atom stereocenters. The normalized spacial score (nSPS) is 23.2. The number of thiophene rings is 1. The van der Waals surface area contributed by atoms with Crippen LogP contribution in [0.25, 0.3) is 32.1 Å². The van der Waals surface area contributed by atoms with Gasteiger partial charge in [0.15, 0.2) is 5.82 Å². The van der Waals surface area contributed by atoms with Crippen molar-refractivity contribution in [2.45, 2.75) is 56.8 Å². The summed E-state index contributed by atoms with van der Waals surface area (Å²) >= 11 is 7.68. The maximum Gasteiger partial charge on any atom is 0.318 e. The average Bonchev–Trinajstić information content (AvgIpc) is 3.64. The molecule has 0 bridgehead atoms. The molecule has 13 heteroatoms. The first-order valence-electron chi connectivity index (χ1n) is 15.7. The Morgan fingerprint density at radius 1 is 1.15 bits per heavy atom. The number of aromatic nitrogens is 2. The van der Waals surface area contributed by atoms with Crippen LogP contribution >= 0.6 is 22.9 Å². The highest BCUT2D eigenvalue weighted by Gasteiger charge is 2.38. The van der Waals surface area contributed by atoms with Crippen molar-refractivity contribution in [3.63, 3.8) is 0 Å². The van der Waals surface area contributed by atoms with Crippen molar-refractivity contribution in [2.24, 2.45) is 5.92 Å². The van der Waals surface area contributed by atoms with Crippen molar-refractivity contribution in [3.8, 4) is 23.2 Å². The molecule has 4 aromatic rings. The molecule has 0 amide bonds. The third-order valence-electron chi connectivity index (χ3n) is 9.56. The Morgan fingerprint density at radius 2 is 1.98 bits per heavy atom. The number of benzene rings is 2. The Bertz CT molecular complexity index is 1830. The van der Waals surface area contributed by atoms with Crippen molar-refractivity contribution in [1.29, 1.82) is 5.26 Å². The number of nitriles is 1. The molecule has 1 saturated carbocycles. The van der Waals surface area contributed by atoms with Crippen LogP contribution in [-0.2, 0) is 4.74 Å². The topological polar surface area (TPSA) is 101 Å². The predicted octanol–water partition coefficient (Wildman–Crippen LogP) is 7.10. The zero-order chi connectivity index (χ0) is 32.1. The number of hydrogen-bond donors (Lipinski definition) is 1. The molecule has 0 spiro atoms. The fraction of sp³-hybridized carbons (Fsp3) is 0.485. The Balaban J connectivity index is 0.000000321. The number of hydrogen-bond acceptors (Lipinski definition) is 9. The molecule has 8 nitrogen and oxygen atoms in total. The van der Waals surface area contributed by atoms with Gasteiger partial charge in [0.1, 0.15) is 34.4 Å². The fourth-order valence-corrected chi connectivity index (χ4v) is 8.52. The molecule has 3 saturated heterocycles. The predicted molar refractivity (Wildman–Crippen MR) is 174 cm³/mol. The van der Waals surface area contributed by atoms with E-state index < -0.39 is 17.8 Å². The maximum absolute atomic E-state index is 16.4. The molecule has 1 aliphatic carbocycles. The molecule has 8 rings (SSSR count). The fourth-order valence-electron chi connectivity index (χ4n) is 7.28. The third kappa shape index (κ3) is 5.61. The second-order valence-electron chi connectivity index (χ2n) is 12.4. The van der Waals surface area contributed by atoms with E-state index in [4.69, 9.17) is 26.8 Å². The van der Waals surface area contributed by atoms with Gasteiger partial charge < -0.3 is 20.1 Å². The number of methoxy groups -OCH3 is 1. The molecule has 5 heterocycles. The highest BCUT2D eigenvalue weighted by atomic mass is 35.5. The van der Waals surface area contributed by atoms with Crippen LogP contribution in [0.1, 0.15) is 44.1 Å². The summed E-state index contributed by atoms with van der Waals surface area (Å²) in [6.45, 7) is 3.63. The Morgan fingerprint density at radius 3 is 2.72 bits per heavy atom. The molecular formula is C33H34ClF3N6O2S. The lowest BCUT2D eigenvalue weighted by Crippen LogP contribution is -2.38. The van der Waals surface area contributed by atoms with Crippen LogP contribution in [0.3, 0.4) is 0 Å². The first-order chi connectivity index (χ1) is 22.3. The average molecular weight is 671 g/mol. The van der Waals surface area contributed by atoms with E-state index in [0.717, 1.165) is 43.6 Å². The van der Waals surface area contributed by atoms with Crippen molar-refractivity contribution < 1.29 is 22.6 Å². The van der Waals surface area contributed by atoms with Gasteiger partial charge in [0.2, 0.25) is 0 Å². The standard InChI is InChI=1S/C26H22ClF2N5O2S.C7H12FN/c1-35-26-32-22-14(25(33-26)34-7-9-36-8-6-18(34)12-2-3-12)10-16(27)20(21(22)29)13-4-5-17(28)23-19(13)15(11-30)24(31)37-23;8-6-4-7-2-1-3-9(7)5-6/h4-5,10,12,18H,2-3,6-9,31H2,1H3;6-7H,1-5H2. The van der Waals surface area contributed by atoms with Crippen LogP contribution in [-0.4, -0.2) is 73.1 Å². The van der Waals surface area contributed by atoms with Crippen molar-refractivity contribution in [2.75, 3.05) is 50.6 Å². The minimum Gasteiger partial charge on any atom is -0.467 e. The zero-order valence-electron chi connectivity index (χ0n) is 25.4. The molecule has 4 fully saturated rings. The number of rotatable bonds is 4. The molecule has 0 radical (unpaired) electrons. The number of nitrogen functional groups attached to an aromatic ring is 1. The van der Waals surface area contributed by atoms with E-state index in [9.17, 15) is 14.0 Å². The minimum absolute atomic E-state index is 0.0121. The van der Waals surface area contributed by atoms with Crippen molar-refractivity contribution in [3.05, 3.63) is 40.4 Å². The van der Waals surface area contributed by atoms with Gasteiger partial charge in [0.05, 0.1) is 29.0 Å². The number of fused-ring (bicyclic) bond motifs is 3. The summed E-state index contributed by atoms with van der Waals surface area (Å²) in [6, 6.07) is 7.13. The largest absolute Gasteiger partial charge is 0.467 e. The van der Waals surface area contributed by atoms with Crippen LogP contribution in [0.5, 0.6) is 6.01 Å². The Labute approximate surface area is 273 Å². The second kappa shape index (κ2) is 12.7. The van der Waals surface area contributed by atoms with Gasteiger partial charge in [-0.05, 0) is 68.7 Å². The molecule has 3 aliphatic heterocycles. The van der Waals surface area contributed by atoms with Crippen LogP contribution in [0.2, 0.25) is 5.02 Å². The van der Waals surface area contributed by atoms with E-state index in [1.807, 2.05) is 6.07 Å². The highest BCUT2D eigenvalue weighted by Crippen LogP contribution is 2.47. The quantitative estimate of drug-likeness (QED) is 0.245. The number of nitrogens with two attached hydrogens (primary N) is 1. The summed E-state index contributed by atoms with van der Waals surface area (Å²) in [5.74, 6) is -0.188. The number of anilines is 2. The van der Waals surface area contributed by atoms with Crippen LogP contribution in [0.15, 0.2) is 18.2 Å². The van der Waals surface area contributed by atoms with Crippen LogP contribution in [0.4, 0.5) is 24.0 Å². The van der Waals surface area contributed by atoms with Gasteiger partial charge in [-0.1, -0.05) is 17.7 Å². The Kier molecular flexibility index (Phi) is 8.61. The summed E-state index contributed by atoms with van der Waals surface area (Å²) < 4.78 is 54.9. The van der Waals surface area contributed by atoms with E-state index in [2.05, 4.69) is 19.8 Å². The van der Waals surface area contributed by atoms with Crippen molar-refractivity contribution in [1.82, 2.24) is 14.9 Å². The molecule has 3 atom stereocenters. The minimum atomic E-state index is -0.708. The lowest BCUT2D eigenvalue weighted by molar-refractivity contribution is 0.149. The SMILES string of the molecule is COc1nc(N2CCOCCC2C2CC2)c2cc(Cl)c(-c3ccc(F)c4sc(N)c(C#N)c34)c(F)c2n1.FC1CC2CCCN2C1. The van der Waals surface area contributed by atoms with Crippen LogP contribution < -0.4 is 15.4 Å². The van der Waals surface area contributed by atoms with E-state index in [-0.39, 0.29) is 54.4 Å². The smallest absolute Gasteiger partial charge is 0.318 e. The molecule has 46 heavy (non-hydrogen) atoms. The Hall–Kier alpha value is -3.37. The summed E-state index contributed by atoms with van der Waals surface area (Å²) in [5, 5.41) is 10.6. The van der Waals surface area contributed by atoms with Gasteiger partial charge in [0.25, 0.3) is 0 Å². The van der Waals surface area contributed by atoms with Gasteiger partial charge in [0, 0.05) is 48.1 Å². The molecule has 242 valence electrons. The number of halogens is 4. The third-order valence-corrected chi connectivity index (χ3v) is 10.9. The first-order valence-corrected chi connectivity index (χ1v) is 16.9. The van der Waals surface area contributed by atoms with E-state index in [1.54, 1.807) is 6.07 Å². The molecular weight excluding hydrogens is 637 g/mol. The van der Waals surface area contributed by atoms with Crippen molar-refractivity contribution >= 4 is 54.7 Å². The summed E-state index contributed by atoms with van der Waals surface area (Å²) in [5.41, 5.74) is 6.38. The molecule has 2 aromatic carbocycles. The second-order valence-corrected chi connectivity index (χ2v) is 13.8. The maximum atomic E-state index is 16.4. The van der Waals surface area contributed by atoms with E-state index >= 15 is 4.39 Å². The highest BCUT2D eigenvalue weighted by molar-refractivity contribution is 7.23. The molecule has 4 aliphatic rings. The number of nitrogens with zero attached hydrogens (tertiary/aromatic N) is 5. The summed E-state index contributed by atoms with van der Waals surface area (Å²) in [6.07, 6.45) is 5.92. The zero-order valence-corrected chi connectivity index (χ0v) is 26.9. The van der Waals surface area contributed by atoms with Gasteiger partial charge in [-0.2, -0.15) is 15.2 Å². The number of alkyl halides is 1. The lowest BCUT2D eigenvalue weighted by Gasteiger charge is -2.31. The van der Waals surface area contributed by atoms with E-state index in [0.29, 0.717) is 49.5 Å². The monoisotopic (exact) mass is 670 g/mol. The lowest BCUT2D eigenvalue weighted by atomic mass is 9.97.